The van der Waals surface area contributed by atoms with Crippen LogP contribution in [0.1, 0.15) is 17.3 Å². The van der Waals surface area contributed by atoms with Gasteiger partial charge < -0.3 is 19.0 Å². The minimum atomic E-state index is -0.645. The lowest BCUT2D eigenvalue weighted by Gasteiger charge is -2.35. The van der Waals surface area contributed by atoms with E-state index in [0.29, 0.717) is 48.2 Å². The second-order valence-corrected chi connectivity index (χ2v) is 10.0. The molecule has 0 spiro atoms. The summed E-state index contributed by atoms with van der Waals surface area (Å²) in [4.78, 5) is 29.4. The van der Waals surface area contributed by atoms with Crippen LogP contribution < -0.4 is 15.3 Å². The van der Waals surface area contributed by atoms with E-state index in [1.54, 1.807) is 17.0 Å². The predicted octanol–water partition coefficient (Wildman–Crippen LogP) is 5.14. The molecular weight excluding hydrogens is 592 g/mol. The molecule has 3 heterocycles. The van der Waals surface area contributed by atoms with E-state index in [4.69, 9.17) is 9.15 Å². The summed E-state index contributed by atoms with van der Waals surface area (Å²) in [6.07, 6.45) is 0. The number of nitrogens with zero attached hydrogens (tertiary/aromatic N) is 4. The zero-order valence-electron chi connectivity index (χ0n) is 19.4. The quantitative estimate of drug-likeness (QED) is 0.288. The fraction of sp³-hybridized carbons (Fsp3) is 0.231. The first-order chi connectivity index (χ1) is 17.4. The zero-order chi connectivity index (χ0) is 25.2. The molecule has 1 saturated heterocycles. The number of anilines is 1. The maximum absolute atomic E-state index is 13.1. The van der Waals surface area contributed by atoms with Crippen LogP contribution >= 0.6 is 31.9 Å². The third-order valence-corrected chi connectivity index (χ3v) is 7.03. The highest BCUT2D eigenvalue weighted by Gasteiger charge is 2.26. The van der Waals surface area contributed by atoms with Gasteiger partial charge in [-0.3, -0.25) is 4.79 Å². The Bertz CT molecular complexity index is 1460. The fourth-order valence-corrected chi connectivity index (χ4v) is 5.49. The highest BCUT2D eigenvalue weighted by Crippen LogP contribution is 2.28. The molecular formula is C26H22Br2N4O4. The van der Waals surface area contributed by atoms with Gasteiger partial charge in [0, 0.05) is 41.6 Å². The number of benzene rings is 2. The first-order valence-corrected chi connectivity index (χ1v) is 13.1. The van der Waals surface area contributed by atoms with Crippen LogP contribution in [0.5, 0.6) is 5.75 Å². The number of amides is 1. The molecule has 2 aromatic heterocycles. The number of carbonyl (C=O) groups is 1. The van der Waals surface area contributed by atoms with Crippen molar-refractivity contribution in [2.45, 2.75) is 6.92 Å². The summed E-state index contributed by atoms with van der Waals surface area (Å²) >= 11 is 6.82. The summed E-state index contributed by atoms with van der Waals surface area (Å²) in [6.45, 7) is 4.66. The smallest absolute Gasteiger partial charge is 0.349 e. The van der Waals surface area contributed by atoms with Crippen molar-refractivity contribution in [3.8, 4) is 17.0 Å². The van der Waals surface area contributed by atoms with Crippen molar-refractivity contribution in [2.24, 2.45) is 0 Å². The molecule has 0 saturated carbocycles. The van der Waals surface area contributed by atoms with Gasteiger partial charge in [-0.25, -0.2) is 4.79 Å². The average Bonchev–Trinajstić information content (AvgIpc) is 2.89. The van der Waals surface area contributed by atoms with Gasteiger partial charge in [0.05, 0.1) is 16.8 Å². The molecule has 1 aliphatic heterocycles. The van der Waals surface area contributed by atoms with E-state index in [-0.39, 0.29) is 11.5 Å². The van der Waals surface area contributed by atoms with E-state index in [2.05, 4.69) is 47.0 Å². The Hall–Kier alpha value is -3.24. The molecule has 0 radical (unpaired) electrons. The Morgan fingerprint density at radius 3 is 2.42 bits per heavy atom. The number of halogens is 2. The minimum Gasteiger partial charge on any atom is -0.494 e. The van der Waals surface area contributed by atoms with Gasteiger partial charge in [-0.2, -0.15) is 0 Å². The zero-order valence-corrected chi connectivity index (χ0v) is 22.6. The Balaban J connectivity index is 1.26. The van der Waals surface area contributed by atoms with Crippen molar-refractivity contribution < 1.29 is 13.9 Å². The second kappa shape index (κ2) is 10.4. The van der Waals surface area contributed by atoms with Crippen LogP contribution in [0.4, 0.5) is 5.82 Å². The van der Waals surface area contributed by atoms with Gasteiger partial charge in [0.2, 0.25) is 0 Å². The Morgan fingerprint density at radius 2 is 1.75 bits per heavy atom. The van der Waals surface area contributed by atoms with Crippen molar-refractivity contribution in [1.82, 2.24) is 15.1 Å². The molecule has 1 aliphatic rings. The number of fused-ring (bicyclic) bond motifs is 1. The summed E-state index contributed by atoms with van der Waals surface area (Å²) in [5, 5.41) is 9.45. The fourth-order valence-electron chi connectivity index (χ4n) is 4.15. The molecule has 0 unspecified atom stereocenters. The van der Waals surface area contributed by atoms with Gasteiger partial charge in [-0.1, -0.05) is 15.9 Å². The first kappa shape index (κ1) is 24.5. The summed E-state index contributed by atoms with van der Waals surface area (Å²) in [5.74, 6) is 1.23. The van der Waals surface area contributed by atoms with E-state index in [1.807, 2.05) is 49.4 Å². The molecule has 0 bridgehead atoms. The normalized spacial score (nSPS) is 13.8. The van der Waals surface area contributed by atoms with Gasteiger partial charge in [-0.15, -0.1) is 10.2 Å². The first-order valence-electron chi connectivity index (χ1n) is 11.5. The number of hydrogen-bond acceptors (Lipinski definition) is 7. The molecule has 2 aromatic carbocycles. The molecule has 0 aliphatic carbocycles. The summed E-state index contributed by atoms with van der Waals surface area (Å²) in [5.41, 5.74) is 1.53. The van der Waals surface area contributed by atoms with Crippen LogP contribution in [0, 0.1) is 0 Å². The highest BCUT2D eigenvalue weighted by atomic mass is 79.9. The molecule has 8 nitrogen and oxygen atoms in total. The maximum atomic E-state index is 13.1. The Labute approximate surface area is 224 Å². The average molecular weight is 614 g/mol. The molecule has 184 valence electrons. The van der Waals surface area contributed by atoms with Gasteiger partial charge in [0.1, 0.15) is 11.3 Å². The highest BCUT2D eigenvalue weighted by molar-refractivity contribution is 9.11. The molecule has 0 atom stereocenters. The van der Waals surface area contributed by atoms with E-state index in [9.17, 15) is 9.59 Å². The largest absolute Gasteiger partial charge is 0.494 e. The lowest BCUT2D eigenvalue weighted by molar-refractivity contribution is 0.0742. The number of aromatic nitrogens is 2. The molecule has 1 fully saturated rings. The third kappa shape index (κ3) is 5.01. The number of ether oxygens (including phenoxy) is 1. The summed E-state index contributed by atoms with van der Waals surface area (Å²) in [7, 11) is 0. The van der Waals surface area contributed by atoms with Gasteiger partial charge in [0.15, 0.2) is 11.4 Å². The van der Waals surface area contributed by atoms with Crippen LogP contribution in [0.2, 0.25) is 0 Å². The molecule has 0 N–H and O–H groups in total. The summed E-state index contributed by atoms with van der Waals surface area (Å²) in [6, 6.07) is 16.8. The SMILES string of the molecule is CCOc1ccc(-c2ccc(N3CCN(C(=O)c4cc5cc(Br)cc(Br)c5oc4=O)CC3)nn2)cc1. The van der Waals surface area contributed by atoms with Crippen molar-refractivity contribution in [3.05, 3.63) is 79.5 Å². The molecule has 1 amide bonds. The van der Waals surface area contributed by atoms with Gasteiger partial charge in [-0.05, 0) is 77.5 Å². The van der Waals surface area contributed by atoms with Crippen molar-refractivity contribution in [1.29, 1.82) is 0 Å². The van der Waals surface area contributed by atoms with Crippen molar-refractivity contribution in [2.75, 3.05) is 37.7 Å². The number of carbonyl (C=O) groups excluding carboxylic acids is 1. The third-order valence-electron chi connectivity index (χ3n) is 5.98. The van der Waals surface area contributed by atoms with Crippen molar-refractivity contribution in [3.63, 3.8) is 0 Å². The monoisotopic (exact) mass is 612 g/mol. The molecule has 36 heavy (non-hydrogen) atoms. The molecule has 4 aromatic rings. The minimum absolute atomic E-state index is 0.0282. The molecule has 5 rings (SSSR count). The maximum Gasteiger partial charge on any atom is 0.349 e. The van der Waals surface area contributed by atoms with E-state index >= 15 is 0 Å². The lowest BCUT2D eigenvalue weighted by Crippen LogP contribution is -2.49. The topological polar surface area (TPSA) is 88.8 Å². The Kier molecular flexibility index (Phi) is 7.06. The van der Waals surface area contributed by atoms with Crippen LogP contribution in [0.15, 0.2) is 72.8 Å². The van der Waals surface area contributed by atoms with E-state index < -0.39 is 5.63 Å². The van der Waals surface area contributed by atoms with Crippen LogP contribution in [-0.4, -0.2) is 53.8 Å². The van der Waals surface area contributed by atoms with E-state index in [0.717, 1.165) is 27.3 Å². The number of hydrogen-bond donors (Lipinski definition) is 0. The van der Waals surface area contributed by atoms with Crippen LogP contribution in [0.25, 0.3) is 22.2 Å². The standard InChI is InChI=1S/C26H22Br2N4O4/c1-2-35-19-5-3-16(4-6-19)22-7-8-23(30-29-22)31-9-11-32(12-10-31)25(33)20-14-17-13-18(27)15-21(28)24(17)36-26(20)34/h3-8,13-15H,2,9-12H2,1H3. The lowest BCUT2D eigenvalue weighted by atomic mass is 10.1. The summed E-state index contributed by atoms with van der Waals surface area (Å²) < 4.78 is 12.4. The van der Waals surface area contributed by atoms with Gasteiger partial charge in [0.25, 0.3) is 5.91 Å². The van der Waals surface area contributed by atoms with Crippen LogP contribution in [-0.2, 0) is 0 Å². The molecule has 10 heteroatoms. The van der Waals surface area contributed by atoms with Crippen LogP contribution in [0.3, 0.4) is 0 Å². The second-order valence-electron chi connectivity index (χ2n) is 8.27. The van der Waals surface area contributed by atoms with E-state index in [1.165, 1.54) is 0 Å². The Morgan fingerprint density at radius 1 is 1.00 bits per heavy atom. The number of rotatable bonds is 5. The predicted molar refractivity (Wildman–Crippen MR) is 145 cm³/mol. The van der Waals surface area contributed by atoms with Crippen molar-refractivity contribution >= 4 is 54.6 Å². The number of piperazine rings is 1. The van der Waals surface area contributed by atoms with Gasteiger partial charge >= 0.3 is 5.63 Å².